The summed E-state index contributed by atoms with van der Waals surface area (Å²) in [7, 11) is 0. The molecule has 0 saturated carbocycles. The Morgan fingerprint density at radius 1 is 1.39 bits per heavy atom. The Bertz CT molecular complexity index is 594. The summed E-state index contributed by atoms with van der Waals surface area (Å²) in [6.45, 7) is 2.43. The molecule has 1 aromatic rings. The lowest BCUT2D eigenvalue weighted by molar-refractivity contribution is -0.136. The van der Waals surface area contributed by atoms with Crippen molar-refractivity contribution in [3.8, 4) is 0 Å². The van der Waals surface area contributed by atoms with Gasteiger partial charge in [-0.15, -0.1) is 0 Å². The van der Waals surface area contributed by atoms with Crippen molar-refractivity contribution in [3.05, 3.63) is 34.2 Å². The molecule has 2 fully saturated rings. The van der Waals surface area contributed by atoms with E-state index in [1.807, 2.05) is 0 Å². The molecule has 3 amide bonds. The zero-order valence-electron chi connectivity index (χ0n) is 9.97. The standard InChI is InChI=1S/C12H13N3O3/c1-12-4-6-15(12)11(18)14(10(12)17)7-8-3-2-5-13-9(8)16/h2-3,5H,4,6-7H2,1H3,(H,13,16). The summed E-state index contributed by atoms with van der Waals surface area (Å²) in [6.07, 6.45) is 2.22. The summed E-state index contributed by atoms with van der Waals surface area (Å²) < 4.78 is 0. The number of carbonyl (C=O) groups is 2. The average Bonchev–Trinajstić information content (AvgIpc) is 2.44. The third-order valence-corrected chi connectivity index (χ3v) is 3.81. The van der Waals surface area contributed by atoms with E-state index in [2.05, 4.69) is 4.98 Å². The van der Waals surface area contributed by atoms with Crippen LogP contribution < -0.4 is 5.56 Å². The highest BCUT2D eigenvalue weighted by Crippen LogP contribution is 2.39. The number of aromatic amines is 1. The van der Waals surface area contributed by atoms with Crippen molar-refractivity contribution in [2.75, 3.05) is 6.54 Å². The van der Waals surface area contributed by atoms with E-state index in [-0.39, 0.29) is 24.0 Å². The summed E-state index contributed by atoms with van der Waals surface area (Å²) in [5.74, 6) is -0.206. The first kappa shape index (κ1) is 11.0. The van der Waals surface area contributed by atoms with Gasteiger partial charge in [0.25, 0.3) is 11.5 Å². The van der Waals surface area contributed by atoms with Crippen LogP contribution in [0, 0.1) is 0 Å². The van der Waals surface area contributed by atoms with Crippen molar-refractivity contribution in [1.29, 1.82) is 0 Å². The minimum atomic E-state index is -0.682. The Hall–Kier alpha value is -2.11. The highest BCUT2D eigenvalue weighted by molar-refractivity contribution is 6.08. The van der Waals surface area contributed by atoms with Crippen molar-refractivity contribution in [2.45, 2.75) is 25.4 Å². The molecule has 3 heterocycles. The van der Waals surface area contributed by atoms with Crippen molar-refractivity contribution < 1.29 is 9.59 Å². The van der Waals surface area contributed by atoms with Crippen LogP contribution >= 0.6 is 0 Å². The van der Waals surface area contributed by atoms with Gasteiger partial charge in [0.1, 0.15) is 5.54 Å². The van der Waals surface area contributed by atoms with Crippen molar-refractivity contribution in [2.24, 2.45) is 0 Å². The first-order chi connectivity index (χ1) is 8.54. The first-order valence-electron chi connectivity index (χ1n) is 5.84. The highest BCUT2D eigenvalue weighted by Gasteiger charge is 2.59. The molecule has 3 rings (SSSR count). The fourth-order valence-corrected chi connectivity index (χ4v) is 2.50. The molecule has 0 bridgehead atoms. The Morgan fingerprint density at radius 2 is 2.17 bits per heavy atom. The van der Waals surface area contributed by atoms with E-state index in [1.165, 1.54) is 6.20 Å². The van der Waals surface area contributed by atoms with Gasteiger partial charge in [-0.3, -0.25) is 14.5 Å². The molecule has 18 heavy (non-hydrogen) atoms. The first-order valence-corrected chi connectivity index (χ1v) is 5.84. The molecule has 2 aliphatic heterocycles. The number of nitrogens with zero attached hydrogens (tertiary/aromatic N) is 2. The number of pyridine rings is 1. The van der Waals surface area contributed by atoms with Gasteiger partial charge in [0, 0.05) is 18.3 Å². The lowest BCUT2D eigenvalue weighted by atomic mass is 9.88. The molecule has 6 nitrogen and oxygen atoms in total. The molecule has 1 aromatic heterocycles. The Labute approximate surface area is 103 Å². The third-order valence-electron chi connectivity index (χ3n) is 3.81. The molecule has 1 unspecified atom stereocenters. The lowest BCUT2D eigenvalue weighted by Gasteiger charge is -2.41. The summed E-state index contributed by atoms with van der Waals surface area (Å²) in [5, 5.41) is 0. The Kier molecular flexibility index (Phi) is 2.10. The predicted molar refractivity (Wildman–Crippen MR) is 62.7 cm³/mol. The van der Waals surface area contributed by atoms with Gasteiger partial charge in [0.05, 0.1) is 6.54 Å². The van der Waals surface area contributed by atoms with Crippen LogP contribution in [0.4, 0.5) is 4.79 Å². The minimum absolute atomic E-state index is 0.0416. The topological polar surface area (TPSA) is 73.5 Å². The third kappa shape index (κ3) is 1.25. The second-order valence-electron chi connectivity index (χ2n) is 4.87. The summed E-state index contributed by atoms with van der Waals surface area (Å²) >= 11 is 0. The number of aromatic nitrogens is 1. The van der Waals surface area contributed by atoms with Gasteiger partial charge < -0.3 is 9.88 Å². The van der Waals surface area contributed by atoms with E-state index in [4.69, 9.17) is 0 Å². The molecule has 1 N–H and O–H groups in total. The molecule has 0 spiro atoms. The van der Waals surface area contributed by atoms with Crippen molar-refractivity contribution >= 4 is 11.9 Å². The minimum Gasteiger partial charge on any atom is -0.329 e. The molecule has 1 atom stereocenters. The second kappa shape index (κ2) is 3.44. The van der Waals surface area contributed by atoms with Gasteiger partial charge in [-0.25, -0.2) is 4.79 Å². The number of hydrogen-bond donors (Lipinski definition) is 1. The van der Waals surface area contributed by atoms with Gasteiger partial charge in [-0.2, -0.15) is 0 Å². The fourth-order valence-electron chi connectivity index (χ4n) is 2.50. The van der Waals surface area contributed by atoms with Gasteiger partial charge in [-0.1, -0.05) is 6.07 Å². The highest BCUT2D eigenvalue weighted by atomic mass is 16.2. The SMILES string of the molecule is CC12CCN1C(=O)N(Cc1ccc[nH]c1=O)C2=O. The summed E-state index contributed by atoms with van der Waals surface area (Å²) in [6, 6.07) is 3.01. The quantitative estimate of drug-likeness (QED) is 0.764. The van der Waals surface area contributed by atoms with E-state index < -0.39 is 5.54 Å². The van der Waals surface area contributed by atoms with E-state index in [0.29, 0.717) is 18.5 Å². The molecule has 0 aliphatic carbocycles. The molecule has 2 saturated heterocycles. The number of rotatable bonds is 2. The van der Waals surface area contributed by atoms with Crippen LogP contribution in [0.15, 0.2) is 23.1 Å². The lowest BCUT2D eigenvalue weighted by Crippen LogP contribution is -2.57. The van der Waals surface area contributed by atoms with E-state index >= 15 is 0 Å². The maximum absolute atomic E-state index is 12.2. The van der Waals surface area contributed by atoms with Crippen LogP contribution in [-0.4, -0.2) is 38.8 Å². The van der Waals surface area contributed by atoms with Gasteiger partial charge in [0.2, 0.25) is 0 Å². The van der Waals surface area contributed by atoms with Crippen molar-refractivity contribution in [3.63, 3.8) is 0 Å². The zero-order chi connectivity index (χ0) is 12.9. The molecular formula is C12H13N3O3. The second-order valence-corrected chi connectivity index (χ2v) is 4.87. The van der Waals surface area contributed by atoms with Crippen LogP contribution in [0.3, 0.4) is 0 Å². The van der Waals surface area contributed by atoms with Gasteiger partial charge in [0.15, 0.2) is 0 Å². The maximum Gasteiger partial charge on any atom is 0.327 e. The smallest absolute Gasteiger partial charge is 0.327 e. The van der Waals surface area contributed by atoms with Crippen LogP contribution in [0.2, 0.25) is 0 Å². The Balaban J connectivity index is 1.91. The molecule has 0 aromatic carbocycles. The average molecular weight is 247 g/mol. The van der Waals surface area contributed by atoms with Gasteiger partial charge >= 0.3 is 6.03 Å². The summed E-state index contributed by atoms with van der Waals surface area (Å²) in [4.78, 5) is 41.0. The molecule has 2 aliphatic rings. The number of hydrogen-bond acceptors (Lipinski definition) is 3. The van der Waals surface area contributed by atoms with Crippen LogP contribution in [0.5, 0.6) is 0 Å². The molecular weight excluding hydrogens is 234 g/mol. The van der Waals surface area contributed by atoms with E-state index in [1.54, 1.807) is 24.0 Å². The van der Waals surface area contributed by atoms with Crippen LogP contribution in [0.1, 0.15) is 18.9 Å². The van der Waals surface area contributed by atoms with E-state index in [9.17, 15) is 14.4 Å². The summed E-state index contributed by atoms with van der Waals surface area (Å²) in [5.41, 5.74) is -0.527. The number of urea groups is 1. The van der Waals surface area contributed by atoms with Crippen LogP contribution in [-0.2, 0) is 11.3 Å². The Morgan fingerprint density at radius 3 is 2.67 bits per heavy atom. The predicted octanol–water partition coefficient (Wildman–Crippen LogP) is 0.301. The van der Waals surface area contributed by atoms with Crippen LogP contribution in [0.25, 0.3) is 0 Å². The maximum atomic E-state index is 12.2. The number of fused-ring (bicyclic) bond motifs is 1. The number of H-pyrrole nitrogens is 1. The largest absolute Gasteiger partial charge is 0.329 e. The monoisotopic (exact) mass is 247 g/mol. The molecule has 6 heteroatoms. The normalized spacial score (nSPS) is 26.3. The fraction of sp³-hybridized carbons (Fsp3) is 0.417. The number of carbonyl (C=O) groups excluding carboxylic acids is 2. The van der Waals surface area contributed by atoms with Crippen molar-refractivity contribution in [1.82, 2.24) is 14.8 Å². The number of amides is 3. The van der Waals surface area contributed by atoms with E-state index in [0.717, 1.165) is 4.90 Å². The zero-order valence-corrected chi connectivity index (χ0v) is 9.97. The molecule has 94 valence electrons. The molecule has 0 radical (unpaired) electrons. The number of imide groups is 1. The number of nitrogens with one attached hydrogen (secondary N) is 1. The van der Waals surface area contributed by atoms with Gasteiger partial charge in [-0.05, 0) is 19.4 Å².